The molecule has 2 unspecified atom stereocenters. The van der Waals surface area contributed by atoms with Crippen LogP contribution in [0, 0.1) is 0 Å². The highest BCUT2D eigenvalue weighted by Crippen LogP contribution is 2.45. The summed E-state index contributed by atoms with van der Waals surface area (Å²) in [7, 11) is 0. The van der Waals surface area contributed by atoms with Gasteiger partial charge in [0.15, 0.2) is 0 Å². The monoisotopic (exact) mass is 901 g/mol. The first kappa shape index (κ1) is 39.6. The summed E-state index contributed by atoms with van der Waals surface area (Å²) in [5, 5.41) is 15.4. The van der Waals surface area contributed by atoms with Crippen LogP contribution in [0.5, 0.6) is 0 Å². The minimum absolute atomic E-state index is 0.296. The van der Waals surface area contributed by atoms with Gasteiger partial charge in [0, 0.05) is 58.5 Å². The maximum absolute atomic E-state index is 5.42. The third-order valence-electron chi connectivity index (χ3n) is 14.0. The Kier molecular flexibility index (Phi) is 9.22. The number of para-hydroxylation sites is 3. The molecule has 1 aliphatic rings. The molecule has 3 aromatic heterocycles. The fourth-order valence-electron chi connectivity index (χ4n) is 10.9. The number of nitrogens with one attached hydrogen (secondary N) is 2. The Hall–Kier alpha value is -8.55. The van der Waals surface area contributed by atoms with E-state index in [4.69, 9.17) is 4.99 Å². The van der Waals surface area contributed by atoms with Crippen molar-refractivity contribution in [1.29, 1.82) is 0 Å². The van der Waals surface area contributed by atoms with Gasteiger partial charge in [-0.05, 0) is 82.4 Å². The molecule has 0 fully saturated rings. The number of rotatable bonds is 7. The normalized spacial score (nSPS) is 15.1. The summed E-state index contributed by atoms with van der Waals surface area (Å²) in [6.07, 6.45) is -0.603. The van der Waals surface area contributed by atoms with Crippen molar-refractivity contribution in [3.8, 4) is 33.6 Å². The SMILES string of the molecule is c1ccc(-c2ccc(C3NC(c4ccc5c(c4)sc4ccccc45)=NC(c4ccccc4)N3)c(-n3c4ccccc4c4c(-c5cccc6c5c5ccccc5n6-c5ccccc5)cccc43)c2)cc1. The Morgan fingerprint density at radius 1 is 0.406 bits per heavy atom. The van der Waals surface area contributed by atoms with Crippen molar-refractivity contribution >= 4 is 81.0 Å². The number of hydrogen-bond donors (Lipinski definition) is 2. The van der Waals surface area contributed by atoms with E-state index in [0.717, 1.165) is 50.5 Å². The van der Waals surface area contributed by atoms with E-state index >= 15 is 0 Å². The maximum atomic E-state index is 5.42. The second-order valence-corrected chi connectivity index (χ2v) is 19.0. The summed E-state index contributed by atoms with van der Waals surface area (Å²) >= 11 is 1.83. The van der Waals surface area contributed by atoms with Crippen LogP contribution in [0.2, 0.25) is 0 Å². The Labute approximate surface area is 402 Å². The molecule has 4 heterocycles. The predicted molar refractivity (Wildman–Crippen MR) is 290 cm³/mol. The first-order valence-electron chi connectivity index (χ1n) is 23.6. The van der Waals surface area contributed by atoms with E-state index in [-0.39, 0.29) is 12.3 Å². The number of fused-ring (bicyclic) bond motifs is 9. The summed E-state index contributed by atoms with van der Waals surface area (Å²) < 4.78 is 7.44. The third kappa shape index (κ3) is 6.45. The largest absolute Gasteiger partial charge is 0.350 e. The molecule has 0 radical (unpaired) electrons. The van der Waals surface area contributed by atoms with Gasteiger partial charge in [0.1, 0.15) is 18.2 Å². The van der Waals surface area contributed by atoms with Gasteiger partial charge >= 0.3 is 0 Å². The van der Waals surface area contributed by atoms with Crippen LogP contribution in [-0.4, -0.2) is 15.0 Å². The van der Waals surface area contributed by atoms with Crippen molar-refractivity contribution < 1.29 is 0 Å². The number of aliphatic imine (C=N–C) groups is 1. The molecule has 69 heavy (non-hydrogen) atoms. The smallest absolute Gasteiger partial charge is 0.131 e. The van der Waals surface area contributed by atoms with Gasteiger partial charge in [-0.3, -0.25) is 5.32 Å². The van der Waals surface area contributed by atoms with Crippen molar-refractivity contribution in [3.63, 3.8) is 0 Å². The molecule has 13 aromatic rings. The Morgan fingerprint density at radius 3 is 1.70 bits per heavy atom. The fourth-order valence-corrected chi connectivity index (χ4v) is 12.1. The lowest BCUT2D eigenvalue weighted by Gasteiger charge is -2.33. The maximum Gasteiger partial charge on any atom is 0.131 e. The molecule has 6 heteroatoms. The second kappa shape index (κ2) is 16.1. The molecule has 0 aliphatic carbocycles. The molecular weight excluding hydrogens is 859 g/mol. The van der Waals surface area contributed by atoms with E-state index in [9.17, 15) is 0 Å². The van der Waals surface area contributed by atoms with E-state index in [2.05, 4.69) is 256 Å². The van der Waals surface area contributed by atoms with Crippen molar-refractivity contribution in [2.24, 2.45) is 4.99 Å². The van der Waals surface area contributed by atoms with Crippen LogP contribution in [0.4, 0.5) is 0 Å². The number of aromatic nitrogens is 2. The molecule has 0 saturated carbocycles. The number of nitrogens with zero attached hydrogens (tertiary/aromatic N) is 3. The molecular formula is C63H43N5S. The average Bonchev–Trinajstić information content (AvgIpc) is 4.09. The van der Waals surface area contributed by atoms with Crippen molar-refractivity contribution in [2.75, 3.05) is 0 Å². The standard InChI is InChI=1S/C63H43N5S/c1-4-18-40(19-5-1)42-34-37-51(63-65-61(41-20-6-2-7-21-41)64-62(66-63)43-35-36-46-45-24-12-15-33-57(45)69-58(46)39-43)56(38-42)68-53-30-14-11-26-50(53)60-48(28-17-32-55(60)68)47-27-16-31-54-59(47)49-25-10-13-29-52(49)67(54)44-22-8-3-9-23-44/h1-39,61,63,65H,(H,64,66). The Bertz CT molecular complexity index is 4150. The average molecular weight is 902 g/mol. The molecule has 5 nitrogen and oxygen atoms in total. The van der Waals surface area contributed by atoms with Crippen LogP contribution < -0.4 is 10.6 Å². The van der Waals surface area contributed by atoms with E-state index in [1.165, 1.54) is 69.4 Å². The molecule has 14 rings (SSSR count). The van der Waals surface area contributed by atoms with Gasteiger partial charge in [0.05, 0.1) is 27.8 Å². The van der Waals surface area contributed by atoms with Gasteiger partial charge < -0.3 is 14.5 Å². The second-order valence-electron chi connectivity index (χ2n) is 17.9. The minimum Gasteiger partial charge on any atom is -0.350 e. The number of benzene rings is 10. The van der Waals surface area contributed by atoms with Crippen LogP contribution >= 0.6 is 11.3 Å². The highest BCUT2D eigenvalue weighted by molar-refractivity contribution is 7.25. The van der Waals surface area contributed by atoms with E-state index in [1.807, 2.05) is 11.3 Å². The molecule has 1 aliphatic heterocycles. The van der Waals surface area contributed by atoms with Gasteiger partial charge in [-0.2, -0.15) is 0 Å². The Balaban J connectivity index is 0.991. The molecule has 10 aromatic carbocycles. The van der Waals surface area contributed by atoms with Crippen LogP contribution in [0.25, 0.3) is 97.4 Å². The number of thiophene rings is 1. The lowest BCUT2D eigenvalue weighted by atomic mass is 9.95. The van der Waals surface area contributed by atoms with Crippen LogP contribution in [0.15, 0.2) is 242 Å². The third-order valence-corrected chi connectivity index (χ3v) is 15.2. The molecule has 2 N–H and O–H groups in total. The van der Waals surface area contributed by atoms with E-state index < -0.39 is 0 Å². The summed E-state index contributed by atoms with van der Waals surface area (Å²) in [5.74, 6) is 0.859. The predicted octanol–water partition coefficient (Wildman–Crippen LogP) is 15.9. The molecule has 2 atom stereocenters. The topological polar surface area (TPSA) is 46.3 Å². The van der Waals surface area contributed by atoms with Crippen molar-refractivity contribution in [1.82, 2.24) is 19.8 Å². The van der Waals surface area contributed by atoms with Gasteiger partial charge in [-0.1, -0.05) is 182 Å². The lowest BCUT2D eigenvalue weighted by Crippen LogP contribution is -2.45. The van der Waals surface area contributed by atoms with Crippen molar-refractivity contribution in [2.45, 2.75) is 12.3 Å². The summed E-state index contributed by atoms with van der Waals surface area (Å²) in [5.41, 5.74) is 14.9. The quantitative estimate of drug-likeness (QED) is 0.167. The number of amidine groups is 1. The first-order chi connectivity index (χ1) is 34.2. The number of hydrogen-bond acceptors (Lipinski definition) is 4. The summed E-state index contributed by atoms with van der Waals surface area (Å²) in [4.78, 5) is 5.42. The van der Waals surface area contributed by atoms with Crippen LogP contribution in [-0.2, 0) is 0 Å². The van der Waals surface area contributed by atoms with Gasteiger partial charge in [-0.15, -0.1) is 11.3 Å². The zero-order valence-electron chi connectivity index (χ0n) is 37.4. The lowest BCUT2D eigenvalue weighted by molar-refractivity contribution is 0.408. The molecule has 326 valence electrons. The highest BCUT2D eigenvalue weighted by atomic mass is 32.1. The highest BCUT2D eigenvalue weighted by Gasteiger charge is 2.30. The van der Waals surface area contributed by atoms with Gasteiger partial charge in [-0.25, -0.2) is 4.99 Å². The molecule has 0 spiro atoms. The first-order valence-corrected chi connectivity index (χ1v) is 24.4. The molecule has 0 amide bonds. The summed E-state index contributed by atoms with van der Waals surface area (Å²) in [6.45, 7) is 0. The van der Waals surface area contributed by atoms with Gasteiger partial charge in [0.25, 0.3) is 0 Å². The molecule has 0 saturated heterocycles. The fraction of sp³-hybridized carbons (Fsp3) is 0.0317. The van der Waals surface area contributed by atoms with Crippen molar-refractivity contribution in [3.05, 3.63) is 253 Å². The van der Waals surface area contributed by atoms with E-state index in [0.29, 0.717) is 0 Å². The van der Waals surface area contributed by atoms with Gasteiger partial charge in [0.2, 0.25) is 0 Å². The Morgan fingerprint density at radius 2 is 0.971 bits per heavy atom. The minimum atomic E-state index is -0.308. The van der Waals surface area contributed by atoms with Crippen LogP contribution in [0.3, 0.4) is 0 Å². The van der Waals surface area contributed by atoms with Crippen LogP contribution in [0.1, 0.15) is 29.0 Å². The summed E-state index contributed by atoms with van der Waals surface area (Å²) in [6, 6.07) is 85.9. The zero-order chi connectivity index (χ0) is 45.4. The molecule has 0 bridgehead atoms. The van der Waals surface area contributed by atoms with E-state index in [1.54, 1.807) is 0 Å². The zero-order valence-corrected chi connectivity index (χ0v) is 38.2.